The maximum Gasteiger partial charge on any atom is 0.405 e. The molecule has 2 aliphatic rings. The molecular weight excluding hydrogens is 455 g/mol. The van der Waals surface area contributed by atoms with Gasteiger partial charge in [-0.1, -0.05) is 55.0 Å². The molecule has 0 bridgehead atoms. The number of hydrogen-bond acceptors (Lipinski definition) is 3. The molecule has 2 unspecified atom stereocenters. The Morgan fingerprint density at radius 2 is 1.57 bits per heavy atom. The van der Waals surface area contributed by atoms with Gasteiger partial charge in [-0.05, 0) is 60.8 Å². The summed E-state index contributed by atoms with van der Waals surface area (Å²) >= 11 is 0. The van der Waals surface area contributed by atoms with E-state index in [1.165, 1.54) is 0 Å². The van der Waals surface area contributed by atoms with Crippen LogP contribution in [0.4, 0.5) is 13.2 Å². The van der Waals surface area contributed by atoms with Crippen LogP contribution in [0.25, 0.3) is 11.1 Å². The third kappa shape index (κ3) is 5.37. The van der Waals surface area contributed by atoms with Crippen molar-refractivity contribution >= 4 is 11.8 Å². The second-order valence-electron chi connectivity index (χ2n) is 9.67. The van der Waals surface area contributed by atoms with Crippen molar-refractivity contribution in [1.82, 2.24) is 10.6 Å². The van der Waals surface area contributed by atoms with Crippen LogP contribution < -0.4 is 16.4 Å². The zero-order chi connectivity index (χ0) is 25.1. The summed E-state index contributed by atoms with van der Waals surface area (Å²) in [6, 6.07) is 14.9. The van der Waals surface area contributed by atoms with Crippen LogP contribution in [0.2, 0.25) is 0 Å². The minimum absolute atomic E-state index is 0.00865. The molecular formula is C27H32F3N3O2. The number of nitrogens with one attached hydrogen (secondary N) is 2. The van der Waals surface area contributed by atoms with E-state index in [0.29, 0.717) is 32.2 Å². The lowest BCUT2D eigenvalue weighted by molar-refractivity contribution is -0.141. The first-order valence-electron chi connectivity index (χ1n) is 12.3. The lowest BCUT2D eigenvalue weighted by Crippen LogP contribution is -2.47. The van der Waals surface area contributed by atoms with Gasteiger partial charge in [-0.3, -0.25) is 9.59 Å². The van der Waals surface area contributed by atoms with E-state index in [0.717, 1.165) is 41.5 Å². The monoisotopic (exact) mass is 487 g/mol. The van der Waals surface area contributed by atoms with E-state index >= 15 is 0 Å². The number of nitrogens with two attached hydrogens (primary N) is 1. The van der Waals surface area contributed by atoms with Gasteiger partial charge in [-0.25, -0.2) is 0 Å². The summed E-state index contributed by atoms with van der Waals surface area (Å²) in [6.45, 7) is -0.925. The number of carbonyl (C=O) groups excluding carboxylic acids is 2. The van der Waals surface area contributed by atoms with Gasteiger partial charge in [0.2, 0.25) is 11.8 Å². The maximum atomic E-state index is 13.5. The van der Waals surface area contributed by atoms with Crippen LogP contribution in [0.3, 0.4) is 0 Å². The lowest BCUT2D eigenvalue weighted by atomic mass is 9.73. The van der Waals surface area contributed by atoms with E-state index < -0.39 is 24.0 Å². The van der Waals surface area contributed by atoms with Crippen molar-refractivity contribution in [3.63, 3.8) is 0 Å². The minimum atomic E-state index is -4.50. The van der Waals surface area contributed by atoms with Crippen LogP contribution in [0.1, 0.15) is 56.1 Å². The molecule has 5 nitrogen and oxygen atoms in total. The Balaban J connectivity index is 1.49. The van der Waals surface area contributed by atoms with E-state index in [4.69, 9.17) is 5.73 Å². The Bertz CT molecular complexity index is 1020. The second kappa shape index (κ2) is 10.4. The van der Waals surface area contributed by atoms with Crippen molar-refractivity contribution in [2.24, 2.45) is 11.7 Å². The number of rotatable bonds is 8. The molecule has 1 saturated carbocycles. The summed E-state index contributed by atoms with van der Waals surface area (Å²) in [7, 11) is 0. The highest BCUT2D eigenvalue weighted by atomic mass is 19.4. The fourth-order valence-electron chi connectivity index (χ4n) is 5.62. The SMILES string of the molecule is NC1CCCC(C(=O)NCCCCC2(C(=O)NCC(F)(F)F)c3ccccc3-c3ccccc32)C1. The molecule has 188 valence electrons. The number of halogens is 3. The number of carbonyl (C=O) groups is 2. The first-order chi connectivity index (χ1) is 16.7. The summed E-state index contributed by atoms with van der Waals surface area (Å²) in [4.78, 5) is 26.0. The molecule has 4 rings (SSSR count). The molecule has 0 aliphatic heterocycles. The third-order valence-corrected chi connectivity index (χ3v) is 7.26. The molecule has 0 saturated heterocycles. The minimum Gasteiger partial charge on any atom is -0.356 e. The van der Waals surface area contributed by atoms with Crippen molar-refractivity contribution in [1.29, 1.82) is 0 Å². The quantitative estimate of drug-likeness (QED) is 0.482. The van der Waals surface area contributed by atoms with Gasteiger partial charge in [0.15, 0.2) is 0 Å². The van der Waals surface area contributed by atoms with Gasteiger partial charge in [0.05, 0.1) is 0 Å². The Morgan fingerprint density at radius 3 is 2.17 bits per heavy atom. The molecule has 1 fully saturated rings. The highest BCUT2D eigenvalue weighted by Gasteiger charge is 2.49. The van der Waals surface area contributed by atoms with Crippen molar-refractivity contribution < 1.29 is 22.8 Å². The Morgan fingerprint density at radius 1 is 0.943 bits per heavy atom. The summed E-state index contributed by atoms with van der Waals surface area (Å²) in [5, 5.41) is 5.13. The molecule has 0 radical (unpaired) electrons. The number of hydrogen-bond donors (Lipinski definition) is 3. The Labute approximate surface area is 203 Å². The summed E-state index contributed by atoms with van der Waals surface area (Å²) in [5.41, 5.74) is 7.97. The highest BCUT2D eigenvalue weighted by molar-refractivity contribution is 6.00. The predicted octanol–water partition coefficient (Wildman–Crippen LogP) is 4.44. The molecule has 35 heavy (non-hydrogen) atoms. The number of fused-ring (bicyclic) bond motifs is 3. The fourth-order valence-corrected chi connectivity index (χ4v) is 5.62. The molecule has 0 spiro atoms. The van der Waals surface area contributed by atoms with Gasteiger partial charge in [0.1, 0.15) is 12.0 Å². The van der Waals surface area contributed by atoms with E-state index in [1.807, 2.05) is 48.5 Å². The normalized spacial score (nSPS) is 20.6. The average molecular weight is 488 g/mol. The van der Waals surface area contributed by atoms with Crippen molar-refractivity contribution in [3.05, 3.63) is 59.7 Å². The van der Waals surface area contributed by atoms with E-state index in [2.05, 4.69) is 10.6 Å². The zero-order valence-corrected chi connectivity index (χ0v) is 19.7. The van der Waals surface area contributed by atoms with Gasteiger partial charge in [-0.15, -0.1) is 0 Å². The molecule has 0 aromatic heterocycles. The topological polar surface area (TPSA) is 84.2 Å². The molecule has 2 atom stereocenters. The van der Waals surface area contributed by atoms with Gasteiger partial charge in [-0.2, -0.15) is 13.2 Å². The highest BCUT2D eigenvalue weighted by Crippen LogP contribution is 2.51. The molecule has 2 aromatic carbocycles. The van der Waals surface area contributed by atoms with Gasteiger partial charge in [0.25, 0.3) is 0 Å². The Hall–Kier alpha value is -2.87. The molecule has 4 N–H and O–H groups in total. The molecule has 8 heteroatoms. The predicted molar refractivity (Wildman–Crippen MR) is 129 cm³/mol. The number of unbranched alkanes of at least 4 members (excludes halogenated alkanes) is 1. The third-order valence-electron chi connectivity index (χ3n) is 7.26. The van der Waals surface area contributed by atoms with Crippen molar-refractivity contribution in [2.45, 2.75) is 62.6 Å². The smallest absolute Gasteiger partial charge is 0.356 e. The first-order valence-corrected chi connectivity index (χ1v) is 12.3. The summed E-state index contributed by atoms with van der Waals surface area (Å²) < 4.78 is 38.9. The van der Waals surface area contributed by atoms with Crippen LogP contribution in [-0.2, 0) is 15.0 Å². The maximum absolute atomic E-state index is 13.5. The summed E-state index contributed by atoms with van der Waals surface area (Å²) in [5.74, 6) is -0.700. The number of alkyl halides is 3. The van der Waals surface area contributed by atoms with Crippen molar-refractivity contribution in [2.75, 3.05) is 13.1 Å². The first kappa shape index (κ1) is 25.2. The second-order valence-corrected chi connectivity index (χ2v) is 9.67. The standard InChI is InChI=1S/C27H32F3N3O2/c28-27(29,30)17-33-25(35)26(14-5-6-15-32-24(34)18-8-7-9-19(31)16-18)22-12-3-1-10-20(22)21-11-2-4-13-23(21)26/h1-4,10-13,18-19H,5-9,14-17,31H2,(H,32,34)(H,33,35). The van der Waals surface area contributed by atoms with E-state index in [1.54, 1.807) is 0 Å². The molecule has 2 amide bonds. The van der Waals surface area contributed by atoms with Gasteiger partial charge >= 0.3 is 6.18 Å². The van der Waals surface area contributed by atoms with Gasteiger partial charge in [0, 0.05) is 18.5 Å². The summed E-state index contributed by atoms with van der Waals surface area (Å²) in [6.07, 6.45) is 0.460. The van der Waals surface area contributed by atoms with Crippen LogP contribution in [0.15, 0.2) is 48.5 Å². The lowest BCUT2D eigenvalue weighted by Gasteiger charge is -2.31. The average Bonchev–Trinajstić information content (AvgIpc) is 3.13. The molecule has 2 aromatic rings. The van der Waals surface area contributed by atoms with Crippen LogP contribution in [0.5, 0.6) is 0 Å². The van der Waals surface area contributed by atoms with Gasteiger partial charge < -0.3 is 16.4 Å². The van der Waals surface area contributed by atoms with Crippen LogP contribution in [0, 0.1) is 5.92 Å². The molecule has 2 aliphatic carbocycles. The Kier molecular flexibility index (Phi) is 7.50. The van der Waals surface area contributed by atoms with E-state index in [9.17, 15) is 22.8 Å². The van der Waals surface area contributed by atoms with Crippen molar-refractivity contribution in [3.8, 4) is 11.1 Å². The molecule has 0 heterocycles. The zero-order valence-electron chi connectivity index (χ0n) is 19.7. The van der Waals surface area contributed by atoms with Crippen LogP contribution >= 0.6 is 0 Å². The number of amides is 2. The van der Waals surface area contributed by atoms with Crippen LogP contribution in [-0.4, -0.2) is 37.1 Å². The number of benzene rings is 2. The largest absolute Gasteiger partial charge is 0.405 e. The van der Waals surface area contributed by atoms with E-state index in [-0.39, 0.29) is 17.9 Å². The fraction of sp³-hybridized carbons (Fsp3) is 0.481.